The molecule has 2 unspecified atom stereocenters. The summed E-state index contributed by atoms with van der Waals surface area (Å²) in [6, 6.07) is 25.8. The summed E-state index contributed by atoms with van der Waals surface area (Å²) in [5, 5.41) is 8.78. The van der Waals surface area contributed by atoms with Gasteiger partial charge in [-0.25, -0.2) is 17.6 Å². The third kappa shape index (κ3) is 6.07. The molecule has 2 heterocycles. The molecular weight excluding hydrogens is 596 g/mol. The van der Waals surface area contributed by atoms with E-state index in [1.54, 1.807) is 16.4 Å². The van der Waals surface area contributed by atoms with Crippen LogP contribution >= 0.6 is 0 Å². The van der Waals surface area contributed by atoms with Crippen LogP contribution in [0.1, 0.15) is 24.8 Å². The van der Waals surface area contributed by atoms with Crippen molar-refractivity contribution in [2.75, 3.05) is 19.0 Å². The first-order valence-corrected chi connectivity index (χ1v) is 15.3. The van der Waals surface area contributed by atoms with Crippen LogP contribution in [0.4, 0.5) is 23.2 Å². The maximum absolute atomic E-state index is 15.1. The molecule has 2 atom stereocenters. The van der Waals surface area contributed by atoms with E-state index < -0.39 is 22.2 Å². The van der Waals surface area contributed by atoms with Gasteiger partial charge in [-0.3, -0.25) is 0 Å². The van der Waals surface area contributed by atoms with Crippen LogP contribution in [0, 0.1) is 5.82 Å². The predicted molar refractivity (Wildman–Crippen MR) is 162 cm³/mol. The smallest absolute Gasteiger partial charge is 0.475 e. The number of fused-ring (bicyclic) bond motifs is 3. The first kappa shape index (κ1) is 31.2. The Hall–Kier alpha value is -4.22. The lowest BCUT2D eigenvalue weighted by Crippen LogP contribution is -2.42. The Morgan fingerprint density at radius 3 is 2.16 bits per heavy atom. The number of hydrogen-bond acceptors (Lipinski definition) is 4. The van der Waals surface area contributed by atoms with Gasteiger partial charge in [-0.1, -0.05) is 72.8 Å². The molecule has 11 heteroatoms. The average molecular weight is 627 g/mol. The number of halogens is 4. The van der Waals surface area contributed by atoms with Crippen LogP contribution in [0.3, 0.4) is 0 Å². The Morgan fingerprint density at radius 1 is 0.886 bits per heavy atom. The van der Waals surface area contributed by atoms with Gasteiger partial charge in [-0.05, 0) is 54.2 Å². The van der Waals surface area contributed by atoms with Gasteiger partial charge < -0.3 is 10.0 Å². The molecule has 1 saturated heterocycles. The van der Waals surface area contributed by atoms with E-state index in [2.05, 4.69) is 0 Å². The highest BCUT2D eigenvalue weighted by Crippen LogP contribution is 2.43. The van der Waals surface area contributed by atoms with Crippen LogP contribution in [0.2, 0.25) is 0 Å². The Labute approximate surface area is 252 Å². The van der Waals surface area contributed by atoms with E-state index in [-0.39, 0.29) is 17.9 Å². The molecule has 230 valence electrons. The van der Waals surface area contributed by atoms with Crippen LogP contribution in [0.5, 0.6) is 0 Å². The van der Waals surface area contributed by atoms with Gasteiger partial charge in [-0.15, -0.1) is 0 Å². The summed E-state index contributed by atoms with van der Waals surface area (Å²) in [5.74, 6) is -3.02. The molecule has 0 aromatic heterocycles. The monoisotopic (exact) mass is 626 g/mol. The van der Waals surface area contributed by atoms with Gasteiger partial charge in [0.25, 0.3) is 0 Å². The summed E-state index contributed by atoms with van der Waals surface area (Å²) in [4.78, 5) is 11.2. The second-order valence-electron chi connectivity index (χ2n) is 10.9. The fraction of sp³-hybridized carbons (Fsp3) is 0.242. The molecule has 2 aliphatic heterocycles. The topological polar surface area (TPSA) is 77.9 Å². The minimum Gasteiger partial charge on any atom is -0.475 e. The maximum atomic E-state index is 15.1. The van der Waals surface area contributed by atoms with Crippen molar-refractivity contribution < 1.29 is 35.9 Å². The molecule has 4 aromatic rings. The van der Waals surface area contributed by atoms with E-state index in [9.17, 15) is 21.6 Å². The summed E-state index contributed by atoms with van der Waals surface area (Å²) in [5.41, 5.74) is 4.24. The van der Waals surface area contributed by atoms with Gasteiger partial charge in [0, 0.05) is 48.2 Å². The van der Waals surface area contributed by atoms with Crippen molar-refractivity contribution in [1.82, 2.24) is 4.31 Å². The number of rotatable bonds is 5. The highest BCUT2D eigenvalue weighted by atomic mass is 32.2. The Balaban J connectivity index is 0.000000493. The fourth-order valence-corrected chi connectivity index (χ4v) is 7.97. The normalized spacial score (nSPS) is 18.4. The molecule has 0 spiro atoms. The molecule has 44 heavy (non-hydrogen) atoms. The minimum absolute atomic E-state index is 0.140. The van der Waals surface area contributed by atoms with Gasteiger partial charge >= 0.3 is 12.1 Å². The van der Waals surface area contributed by atoms with Crippen LogP contribution in [-0.4, -0.2) is 56.2 Å². The van der Waals surface area contributed by atoms with Gasteiger partial charge in [-0.2, -0.15) is 17.5 Å². The van der Waals surface area contributed by atoms with E-state index in [4.69, 9.17) is 9.90 Å². The lowest BCUT2D eigenvalue weighted by atomic mass is 9.94. The van der Waals surface area contributed by atoms with Crippen LogP contribution in [-0.2, 0) is 14.8 Å². The van der Waals surface area contributed by atoms with E-state index >= 15 is 4.39 Å². The Bertz CT molecular complexity index is 1840. The number of anilines is 1. The molecule has 0 amide bonds. The lowest BCUT2D eigenvalue weighted by Gasteiger charge is -2.33. The summed E-state index contributed by atoms with van der Waals surface area (Å²) >= 11 is 0. The minimum atomic E-state index is -5.08. The number of sulfonamides is 1. The molecular formula is C33H30F4N2O4S. The van der Waals surface area contributed by atoms with E-state index in [1.165, 1.54) is 0 Å². The molecule has 2 bridgehead atoms. The number of carboxylic acid groups (broad SMARTS) is 1. The number of alkyl halides is 3. The van der Waals surface area contributed by atoms with Crippen molar-refractivity contribution in [3.8, 4) is 11.1 Å². The van der Waals surface area contributed by atoms with E-state index in [1.807, 2.05) is 97.9 Å². The van der Waals surface area contributed by atoms with Crippen LogP contribution in [0.25, 0.3) is 27.5 Å². The molecule has 0 aliphatic carbocycles. The molecule has 6 nitrogen and oxygen atoms in total. The Kier molecular flexibility index (Phi) is 8.55. The first-order chi connectivity index (χ1) is 20.8. The average Bonchev–Trinajstić information content (AvgIpc) is 3.27. The lowest BCUT2D eigenvalue weighted by molar-refractivity contribution is -0.192. The quantitative estimate of drug-likeness (QED) is 0.235. The number of hydrogen-bond donors (Lipinski definition) is 1. The highest BCUT2D eigenvalue weighted by Gasteiger charge is 2.45. The van der Waals surface area contributed by atoms with E-state index in [0.29, 0.717) is 16.9 Å². The summed E-state index contributed by atoms with van der Waals surface area (Å²) in [6.45, 7) is 0. The summed E-state index contributed by atoms with van der Waals surface area (Å²) < 4.78 is 76.7. The predicted octanol–water partition coefficient (Wildman–Crippen LogP) is 7.35. The number of benzene rings is 4. The van der Waals surface area contributed by atoms with Crippen LogP contribution < -0.4 is 4.90 Å². The standard InChI is InChI=1S/C31H29FN2O2S.C2HF3O2/c1-33(2)30-12-6-11-28-27(30)10-7-13-31(28)37(35,36)34-24-15-16-25(34)19-23(18-24)22-14-17-26(29(32)20-22)21-8-4-3-5-9-21;3-2(4,5)1(6)7/h3-14,17-18,20,24-25H,15-16,19H2,1-2H3;(H,6,7). The SMILES string of the molecule is CN(C)c1cccc2c(S(=O)(=O)N3C4C=C(c5ccc(-c6ccccc6)c(F)c5)CC3CC4)cccc12.O=C(O)C(F)(F)F. The molecule has 1 N–H and O–H groups in total. The Morgan fingerprint density at radius 2 is 1.55 bits per heavy atom. The van der Waals surface area contributed by atoms with Crippen molar-refractivity contribution in [3.63, 3.8) is 0 Å². The fourth-order valence-electron chi connectivity index (χ4n) is 5.94. The molecule has 2 aliphatic rings. The molecule has 1 fully saturated rings. The zero-order valence-corrected chi connectivity index (χ0v) is 24.7. The number of nitrogens with zero attached hydrogens (tertiary/aromatic N) is 2. The summed E-state index contributed by atoms with van der Waals surface area (Å²) in [7, 11) is 0.194. The van der Waals surface area contributed by atoms with Crippen molar-refractivity contribution in [1.29, 1.82) is 0 Å². The second-order valence-corrected chi connectivity index (χ2v) is 12.7. The van der Waals surface area contributed by atoms with Crippen molar-refractivity contribution in [3.05, 3.63) is 102 Å². The van der Waals surface area contributed by atoms with Crippen molar-refractivity contribution in [2.24, 2.45) is 0 Å². The van der Waals surface area contributed by atoms with Crippen molar-refractivity contribution >= 4 is 38.0 Å². The first-order valence-electron chi connectivity index (χ1n) is 13.9. The molecule has 0 radical (unpaired) electrons. The van der Waals surface area contributed by atoms with Crippen LogP contribution in [0.15, 0.2) is 95.9 Å². The number of carbonyl (C=O) groups is 1. The van der Waals surface area contributed by atoms with Gasteiger partial charge in [0.05, 0.1) is 4.90 Å². The molecule has 0 saturated carbocycles. The zero-order valence-electron chi connectivity index (χ0n) is 23.9. The summed E-state index contributed by atoms with van der Waals surface area (Å²) in [6.07, 6.45) is -0.907. The highest BCUT2D eigenvalue weighted by molar-refractivity contribution is 7.89. The number of carboxylic acids is 1. The third-order valence-electron chi connectivity index (χ3n) is 7.90. The van der Waals surface area contributed by atoms with Gasteiger partial charge in [0.15, 0.2) is 0 Å². The maximum Gasteiger partial charge on any atom is 0.490 e. The third-order valence-corrected chi connectivity index (χ3v) is 9.93. The second kappa shape index (κ2) is 12.0. The molecule has 6 rings (SSSR count). The van der Waals surface area contributed by atoms with Gasteiger partial charge in [0.1, 0.15) is 5.82 Å². The van der Waals surface area contributed by atoms with Crippen molar-refractivity contribution in [2.45, 2.75) is 42.4 Å². The van der Waals surface area contributed by atoms with E-state index in [0.717, 1.165) is 46.0 Å². The van der Waals surface area contributed by atoms with Gasteiger partial charge in [0.2, 0.25) is 10.0 Å². The molecule has 4 aromatic carbocycles. The zero-order chi connectivity index (χ0) is 31.8. The number of aliphatic carboxylic acids is 1. The largest absolute Gasteiger partial charge is 0.490 e.